The van der Waals surface area contributed by atoms with Gasteiger partial charge in [0, 0.05) is 0 Å². The van der Waals surface area contributed by atoms with Crippen LogP contribution in [-0.2, 0) is 9.53 Å². The first-order chi connectivity index (χ1) is 14.7. The van der Waals surface area contributed by atoms with Crippen LogP contribution in [0.4, 0.5) is 5.69 Å². The van der Waals surface area contributed by atoms with Gasteiger partial charge < -0.3 is 4.74 Å². The summed E-state index contributed by atoms with van der Waals surface area (Å²) in [6, 6.07) is 28.9. The fourth-order valence-electron chi connectivity index (χ4n) is 3.11. The highest BCUT2D eigenvalue weighted by atomic mass is 16.5. The van der Waals surface area contributed by atoms with Crippen LogP contribution in [-0.4, -0.2) is 24.3 Å². The number of ether oxygens (including phenoxy) is 1. The molecule has 2 N–H and O–H groups in total. The van der Waals surface area contributed by atoms with Gasteiger partial charge >= 0.3 is 5.97 Å². The summed E-state index contributed by atoms with van der Waals surface area (Å²) in [7, 11) is 0. The van der Waals surface area contributed by atoms with Crippen LogP contribution >= 0.6 is 0 Å². The quantitative estimate of drug-likeness (QED) is 0.308. The van der Waals surface area contributed by atoms with Gasteiger partial charge in [-0.2, -0.15) is 5.10 Å². The third-order valence-corrected chi connectivity index (χ3v) is 4.61. The molecule has 0 fully saturated rings. The van der Waals surface area contributed by atoms with E-state index in [1.807, 2.05) is 91.0 Å². The van der Waals surface area contributed by atoms with Crippen molar-refractivity contribution < 1.29 is 9.53 Å². The summed E-state index contributed by atoms with van der Waals surface area (Å²) in [4.78, 5) is 12.3. The number of carbonyl (C=O) groups excluding carboxylic acids is 1. The molecule has 3 rings (SSSR count). The van der Waals surface area contributed by atoms with Crippen LogP contribution in [0.25, 0.3) is 0 Å². The van der Waals surface area contributed by atoms with Crippen LogP contribution in [0.1, 0.15) is 31.0 Å². The molecule has 0 aliphatic carbocycles. The molecule has 0 spiro atoms. The minimum Gasteiger partial charge on any atom is -0.465 e. The molecule has 0 amide bonds. The van der Waals surface area contributed by atoms with Gasteiger partial charge in [0.15, 0.2) is 0 Å². The summed E-state index contributed by atoms with van der Waals surface area (Å²) in [5.41, 5.74) is 6.78. The first kappa shape index (κ1) is 21.3. The zero-order valence-electron chi connectivity index (χ0n) is 17.3. The molecule has 5 nitrogen and oxygen atoms in total. The van der Waals surface area contributed by atoms with E-state index in [0.717, 1.165) is 22.5 Å². The fraction of sp³-hybridized carbons (Fsp3) is 0.200. The third-order valence-electron chi connectivity index (χ3n) is 4.61. The Kier molecular flexibility index (Phi) is 7.75. The largest absolute Gasteiger partial charge is 0.465 e. The SMILES string of the molecule is CCOC(=O)[C@H](C)N[C@@H](/C(=N/Nc1ccccc1)c1ccccc1)c1ccccc1. The number of benzene rings is 3. The molecule has 0 radical (unpaired) electrons. The smallest absolute Gasteiger partial charge is 0.322 e. The fourth-order valence-corrected chi connectivity index (χ4v) is 3.11. The van der Waals surface area contributed by atoms with E-state index < -0.39 is 6.04 Å². The first-order valence-electron chi connectivity index (χ1n) is 10.1. The molecule has 0 aromatic heterocycles. The van der Waals surface area contributed by atoms with Crippen molar-refractivity contribution in [2.45, 2.75) is 25.9 Å². The van der Waals surface area contributed by atoms with Gasteiger partial charge in [0.25, 0.3) is 0 Å². The Balaban J connectivity index is 2.00. The van der Waals surface area contributed by atoms with Crippen molar-refractivity contribution >= 4 is 17.4 Å². The van der Waals surface area contributed by atoms with Gasteiger partial charge in [-0.3, -0.25) is 15.5 Å². The Morgan fingerprint density at radius 1 is 0.900 bits per heavy atom. The summed E-state index contributed by atoms with van der Waals surface area (Å²) < 4.78 is 5.20. The second-order valence-corrected chi connectivity index (χ2v) is 6.82. The Hall–Kier alpha value is -3.44. The molecule has 0 saturated heterocycles. The summed E-state index contributed by atoms with van der Waals surface area (Å²) in [5.74, 6) is -0.290. The van der Waals surface area contributed by atoms with Gasteiger partial charge in [0.1, 0.15) is 6.04 Å². The van der Waals surface area contributed by atoms with Crippen LogP contribution < -0.4 is 10.7 Å². The number of hydrogen-bond acceptors (Lipinski definition) is 5. The summed E-state index contributed by atoms with van der Waals surface area (Å²) in [6.07, 6.45) is 0. The van der Waals surface area contributed by atoms with E-state index >= 15 is 0 Å². The predicted octanol–water partition coefficient (Wildman–Crippen LogP) is 4.79. The molecular formula is C25H27N3O2. The monoisotopic (exact) mass is 401 g/mol. The van der Waals surface area contributed by atoms with Crippen LogP contribution in [0.2, 0.25) is 0 Å². The number of nitrogens with one attached hydrogen (secondary N) is 2. The average molecular weight is 402 g/mol. The number of anilines is 1. The molecule has 0 bridgehead atoms. The first-order valence-corrected chi connectivity index (χ1v) is 10.1. The Morgan fingerprint density at radius 2 is 1.47 bits per heavy atom. The molecule has 5 heteroatoms. The number of para-hydroxylation sites is 1. The Bertz CT molecular complexity index is 944. The lowest BCUT2D eigenvalue weighted by molar-refractivity contribution is -0.145. The van der Waals surface area contributed by atoms with Gasteiger partial charge in [0.05, 0.1) is 24.0 Å². The lowest BCUT2D eigenvalue weighted by Gasteiger charge is -2.25. The van der Waals surface area contributed by atoms with Gasteiger partial charge in [0.2, 0.25) is 0 Å². The maximum atomic E-state index is 12.3. The molecule has 3 aromatic rings. The van der Waals surface area contributed by atoms with E-state index in [9.17, 15) is 4.79 Å². The van der Waals surface area contributed by atoms with Crippen LogP contribution in [0.3, 0.4) is 0 Å². The number of rotatable bonds is 9. The molecule has 2 atom stereocenters. The van der Waals surface area contributed by atoms with Gasteiger partial charge in [-0.15, -0.1) is 0 Å². The number of esters is 1. The Morgan fingerprint density at radius 3 is 2.07 bits per heavy atom. The summed E-state index contributed by atoms with van der Waals surface area (Å²) in [6.45, 7) is 3.96. The van der Waals surface area contributed by atoms with Crippen molar-refractivity contribution in [2.75, 3.05) is 12.0 Å². The summed E-state index contributed by atoms with van der Waals surface area (Å²) >= 11 is 0. The van der Waals surface area contributed by atoms with Crippen molar-refractivity contribution in [3.63, 3.8) is 0 Å². The number of nitrogens with zero attached hydrogens (tertiary/aromatic N) is 1. The van der Waals surface area contributed by atoms with Crippen molar-refractivity contribution in [3.05, 3.63) is 102 Å². The van der Waals surface area contributed by atoms with Crippen LogP contribution in [0.5, 0.6) is 0 Å². The molecule has 154 valence electrons. The molecular weight excluding hydrogens is 374 g/mol. The zero-order valence-corrected chi connectivity index (χ0v) is 17.3. The van der Waals surface area contributed by atoms with Gasteiger partial charge in [-0.1, -0.05) is 78.9 Å². The summed E-state index contributed by atoms with van der Waals surface area (Å²) in [5, 5.41) is 8.16. The highest BCUT2D eigenvalue weighted by Crippen LogP contribution is 2.21. The minimum atomic E-state index is -0.499. The van der Waals surface area contributed by atoms with E-state index in [1.165, 1.54) is 0 Å². The second-order valence-electron chi connectivity index (χ2n) is 6.82. The maximum absolute atomic E-state index is 12.3. The third kappa shape index (κ3) is 5.78. The molecule has 0 heterocycles. The molecule has 3 aromatic carbocycles. The van der Waals surface area contributed by atoms with E-state index in [4.69, 9.17) is 9.84 Å². The van der Waals surface area contributed by atoms with E-state index in [-0.39, 0.29) is 12.0 Å². The number of carbonyl (C=O) groups is 1. The maximum Gasteiger partial charge on any atom is 0.322 e. The van der Waals surface area contributed by atoms with E-state index in [2.05, 4.69) is 10.7 Å². The molecule has 0 unspecified atom stereocenters. The highest BCUT2D eigenvalue weighted by Gasteiger charge is 2.25. The Labute approximate surface area is 177 Å². The number of hydrogen-bond donors (Lipinski definition) is 2. The normalized spacial score (nSPS) is 13.3. The molecule has 0 aliphatic rings. The topological polar surface area (TPSA) is 62.7 Å². The van der Waals surface area contributed by atoms with Gasteiger partial charge in [-0.05, 0) is 37.1 Å². The lowest BCUT2D eigenvalue weighted by Crippen LogP contribution is -2.41. The van der Waals surface area contributed by atoms with E-state index in [1.54, 1.807) is 13.8 Å². The van der Waals surface area contributed by atoms with Crippen molar-refractivity contribution in [3.8, 4) is 0 Å². The molecule has 0 saturated carbocycles. The zero-order chi connectivity index (χ0) is 21.2. The van der Waals surface area contributed by atoms with Crippen molar-refractivity contribution in [2.24, 2.45) is 5.10 Å². The minimum absolute atomic E-state index is 0.290. The lowest BCUT2D eigenvalue weighted by atomic mass is 9.96. The standard InChI is InChI=1S/C25H27N3O2/c1-3-30-25(29)19(2)26-23(20-13-7-4-8-14-20)24(21-15-9-5-10-16-21)28-27-22-17-11-6-12-18-22/h4-19,23,26-27H,3H2,1-2H3/b28-24+/t19-,23+/m0/s1. The average Bonchev–Trinajstić information content (AvgIpc) is 2.80. The van der Waals surface area contributed by atoms with Crippen molar-refractivity contribution in [1.29, 1.82) is 0 Å². The number of hydrazone groups is 1. The highest BCUT2D eigenvalue weighted by molar-refractivity contribution is 6.05. The second kappa shape index (κ2) is 10.9. The van der Waals surface area contributed by atoms with Crippen LogP contribution in [0, 0.1) is 0 Å². The van der Waals surface area contributed by atoms with E-state index in [0.29, 0.717) is 6.61 Å². The van der Waals surface area contributed by atoms with Gasteiger partial charge in [-0.25, -0.2) is 0 Å². The molecule has 0 aliphatic heterocycles. The van der Waals surface area contributed by atoms with Crippen LogP contribution in [0.15, 0.2) is 96.1 Å². The van der Waals surface area contributed by atoms with Crippen molar-refractivity contribution in [1.82, 2.24) is 5.32 Å². The predicted molar refractivity (Wildman–Crippen MR) is 121 cm³/mol. The molecule has 30 heavy (non-hydrogen) atoms.